The summed E-state index contributed by atoms with van der Waals surface area (Å²) in [4.78, 5) is 11.1. The van der Waals surface area contributed by atoms with Crippen molar-refractivity contribution in [2.75, 3.05) is 6.61 Å². The van der Waals surface area contributed by atoms with E-state index in [1.807, 2.05) is 36.4 Å². The molecule has 4 heteroatoms. The number of carbonyl (C=O) groups excluding carboxylic acids is 1. The summed E-state index contributed by atoms with van der Waals surface area (Å²) in [6.45, 7) is 3.99. The van der Waals surface area contributed by atoms with E-state index in [2.05, 4.69) is 24.8 Å². The second kappa shape index (κ2) is 5.26. The van der Waals surface area contributed by atoms with Gasteiger partial charge in [0.1, 0.15) is 11.9 Å². The molecule has 0 aliphatic heterocycles. The second-order valence-electron chi connectivity index (χ2n) is 8.40. The van der Waals surface area contributed by atoms with Gasteiger partial charge in [-0.2, -0.15) is 5.26 Å². The van der Waals surface area contributed by atoms with Crippen molar-refractivity contribution in [2.45, 2.75) is 6.10 Å². The standard InChI is InChI=1S/C24H19NO3/c1-2-18(26)27-12-17-19-20(17)24(19)21-22(24)23(21)28-16-9-7-15(8-10-16)14-5-3-13(11-25)4-6-14/h2-10,17,19-23H,1,12H2. The van der Waals surface area contributed by atoms with E-state index in [4.69, 9.17) is 14.7 Å². The van der Waals surface area contributed by atoms with E-state index >= 15 is 0 Å². The van der Waals surface area contributed by atoms with Crippen molar-refractivity contribution >= 4 is 5.97 Å². The Hall–Kier alpha value is -3.06. The zero-order valence-corrected chi connectivity index (χ0v) is 15.2. The van der Waals surface area contributed by atoms with Crippen molar-refractivity contribution in [2.24, 2.45) is 35.0 Å². The minimum atomic E-state index is -0.313. The van der Waals surface area contributed by atoms with Gasteiger partial charge in [-0.25, -0.2) is 4.79 Å². The van der Waals surface area contributed by atoms with E-state index in [0.717, 1.165) is 40.5 Å². The number of rotatable bonds is 6. The van der Waals surface area contributed by atoms with Gasteiger partial charge < -0.3 is 9.47 Å². The van der Waals surface area contributed by atoms with E-state index < -0.39 is 0 Å². The minimum absolute atomic E-state index is 0.313. The van der Waals surface area contributed by atoms with Crippen molar-refractivity contribution in [1.29, 1.82) is 5.26 Å². The highest BCUT2D eigenvalue weighted by atomic mass is 16.5. The summed E-state index contributed by atoms with van der Waals surface area (Å²) < 4.78 is 11.3. The van der Waals surface area contributed by atoms with E-state index in [0.29, 0.717) is 29.6 Å². The Labute approximate surface area is 163 Å². The number of fused-ring (bicyclic) bond motifs is 6. The maximum absolute atomic E-state index is 11.1. The van der Waals surface area contributed by atoms with Crippen LogP contribution in [0.5, 0.6) is 5.75 Å². The Balaban J connectivity index is 1.01. The molecule has 6 rings (SSSR count). The van der Waals surface area contributed by atoms with Crippen LogP contribution in [0.1, 0.15) is 5.56 Å². The van der Waals surface area contributed by atoms with Crippen LogP contribution in [-0.4, -0.2) is 18.7 Å². The lowest BCUT2D eigenvalue weighted by Gasteiger charge is -2.21. The largest absolute Gasteiger partial charge is 0.490 e. The van der Waals surface area contributed by atoms with Gasteiger partial charge in [0.05, 0.1) is 18.2 Å². The molecule has 0 amide bonds. The van der Waals surface area contributed by atoms with Gasteiger partial charge in [0.25, 0.3) is 0 Å². The number of carbonyl (C=O) groups is 1. The molecule has 4 aliphatic carbocycles. The average Bonchev–Trinajstić information content (AvgIpc) is 3.59. The summed E-state index contributed by atoms with van der Waals surface area (Å²) in [6.07, 6.45) is 1.61. The predicted molar refractivity (Wildman–Crippen MR) is 102 cm³/mol. The van der Waals surface area contributed by atoms with E-state index in [1.165, 1.54) is 6.08 Å². The third kappa shape index (κ3) is 2.02. The Kier molecular flexibility index (Phi) is 3.00. The van der Waals surface area contributed by atoms with Gasteiger partial charge in [-0.15, -0.1) is 0 Å². The maximum atomic E-state index is 11.1. The van der Waals surface area contributed by atoms with Crippen LogP contribution in [0.3, 0.4) is 0 Å². The molecule has 0 bridgehead atoms. The van der Waals surface area contributed by atoms with Crippen LogP contribution in [0.25, 0.3) is 11.1 Å². The predicted octanol–water partition coefficient (Wildman–Crippen LogP) is 3.82. The van der Waals surface area contributed by atoms with Crippen molar-refractivity contribution in [1.82, 2.24) is 0 Å². The molecule has 4 aliphatic rings. The Morgan fingerprint density at radius 2 is 1.64 bits per heavy atom. The first kappa shape index (κ1) is 15.9. The van der Waals surface area contributed by atoms with Gasteiger partial charge in [0.15, 0.2) is 0 Å². The van der Waals surface area contributed by atoms with E-state index in [1.54, 1.807) is 0 Å². The fourth-order valence-corrected chi connectivity index (χ4v) is 5.80. The summed E-state index contributed by atoms with van der Waals surface area (Å²) in [5.41, 5.74) is 3.46. The van der Waals surface area contributed by atoms with Gasteiger partial charge in [-0.3, -0.25) is 0 Å². The molecule has 0 aromatic heterocycles. The van der Waals surface area contributed by atoms with Crippen molar-refractivity contribution < 1.29 is 14.3 Å². The Bertz CT molecular complexity index is 1010. The zero-order valence-electron chi connectivity index (χ0n) is 15.2. The molecule has 28 heavy (non-hydrogen) atoms. The van der Waals surface area contributed by atoms with Gasteiger partial charge >= 0.3 is 5.97 Å². The third-order valence-corrected chi connectivity index (χ3v) is 7.27. The summed E-state index contributed by atoms with van der Waals surface area (Å²) in [5, 5.41) is 8.89. The van der Waals surface area contributed by atoms with Crippen LogP contribution in [0.4, 0.5) is 0 Å². The highest BCUT2D eigenvalue weighted by molar-refractivity contribution is 5.81. The highest BCUT2D eigenvalue weighted by Gasteiger charge is 3.06. The van der Waals surface area contributed by atoms with Gasteiger partial charge in [-0.05, 0) is 52.6 Å². The first-order valence-corrected chi connectivity index (χ1v) is 9.76. The number of nitriles is 1. The number of esters is 1. The molecule has 2 aromatic rings. The molecule has 4 unspecified atom stereocenters. The van der Waals surface area contributed by atoms with Crippen LogP contribution < -0.4 is 4.74 Å². The molecular weight excluding hydrogens is 350 g/mol. The summed E-state index contributed by atoms with van der Waals surface area (Å²) >= 11 is 0. The molecule has 1 spiro atoms. The zero-order chi connectivity index (χ0) is 19.0. The molecule has 4 atom stereocenters. The lowest BCUT2D eigenvalue weighted by Crippen LogP contribution is -2.24. The van der Waals surface area contributed by atoms with E-state index in [-0.39, 0.29) is 5.97 Å². The van der Waals surface area contributed by atoms with Crippen LogP contribution in [-0.2, 0) is 9.53 Å². The summed E-state index contributed by atoms with van der Waals surface area (Å²) in [7, 11) is 0. The molecule has 0 radical (unpaired) electrons. The van der Waals surface area contributed by atoms with Gasteiger partial charge in [0, 0.05) is 23.8 Å². The quantitative estimate of drug-likeness (QED) is 0.574. The van der Waals surface area contributed by atoms with Gasteiger partial charge in [0.2, 0.25) is 0 Å². The number of benzene rings is 2. The monoisotopic (exact) mass is 369 g/mol. The average molecular weight is 369 g/mol. The first-order chi connectivity index (χ1) is 13.7. The van der Waals surface area contributed by atoms with Crippen LogP contribution in [0.2, 0.25) is 0 Å². The molecule has 4 nitrogen and oxygen atoms in total. The normalized spacial score (nSPS) is 37.1. The minimum Gasteiger partial charge on any atom is -0.490 e. The van der Waals surface area contributed by atoms with Crippen molar-refractivity contribution in [3.8, 4) is 22.9 Å². The number of hydrogen-bond acceptors (Lipinski definition) is 4. The molecule has 4 saturated carbocycles. The molecule has 138 valence electrons. The number of nitrogens with zero attached hydrogens (tertiary/aromatic N) is 1. The SMILES string of the molecule is C=CC(=O)OCC1C2C1C21C2C(Oc3ccc(-c4ccc(C#N)cc4)cc3)C21. The fraction of sp³-hybridized carbons (Fsp3) is 0.333. The molecule has 0 saturated heterocycles. The lowest BCUT2D eigenvalue weighted by atomic mass is 9.92. The summed E-state index contributed by atoms with van der Waals surface area (Å²) in [5.74, 6) is 4.21. The molecule has 0 N–H and O–H groups in total. The van der Waals surface area contributed by atoms with Crippen LogP contribution in [0, 0.1) is 46.3 Å². The Morgan fingerprint density at radius 3 is 2.21 bits per heavy atom. The van der Waals surface area contributed by atoms with E-state index in [9.17, 15) is 4.79 Å². The molecule has 0 heterocycles. The third-order valence-electron chi connectivity index (χ3n) is 7.27. The highest BCUT2D eigenvalue weighted by Crippen LogP contribution is 3.04. The smallest absolute Gasteiger partial charge is 0.330 e. The van der Waals surface area contributed by atoms with Gasteiger partial charge in [-0.1, -0.05) is 30.8 Å². The molecular formula is C24H19NO3. The summed E-state index contributed by atoms with van der Waals surface area (Å²) in [6, 6.07) is 18.0. The van der Waals surface area contributed by atoms with Crippen LogP contribution in [0.15, 0.2) is 61.2 Å². The first-order valence-electron chi connectivity index (χ1n) is 9.76. The lowest BCUT2D eigenvalue weighted by molar-refractivity contribution is -0.138. The maximum Gasteiger partial charge on any atom is 0.330 e. The molecule has 2 aromatic carbocycles. The second-order valence-corrected chi connectivity index (χ2v) is 8.40. The fourth-order valence-electron chi connectivity index (χ4n) is 5.80. The number of ether oxygens (including phenoxy) is 2. The van der Waals surface area contributed by atoms with Crippen molar-refractivity contribution in [3.05, 3.63) is 66.7 Å². The molecule has 4 fully saturated rings. The topological polar surface area (TPSA) is 59.3 Å². The Morgan fingerprint density at radius 1 is 1.04 bits per heavy atom. The number of hydrogen-bond donors (Lipinski definition) is 0. The van der Waals surface area contributed by atoms with Crippen LogP contribution >= 0.6 is 0 Å². The van der Waals surface area contributed by atoms with Crippen molar-refractivity contribution in [3.63, 3.8) is 0 Å².